The van der Waals surface area contributed by atoms with Crippen molar-refractivity contribution in [3.63, 3.8) is 0 Å². The van der Waals surface area contributed by atoms with Crippen molar-refractivity contribution < 1.29 is 4.79 Å². The maximum Gasteiger partial charge on any atom is 0.263 e. The number of benzene rings is 1. The first kappa shape index (κ1) is 23.0. The first-order chi connectivity index (χ1) is 14.1. The van der Waals surface area contributed by atoms with Gasteiger partial charge in [-0.05, 0) is 74.8 Å². The number of hydrogen-bond acceptors (Lipinski definition) is 4. The Morgan fingerprint density at radius 1 is 1.21 bits per heavy atom. The van der Waals surface area contributed by atoms with E-state index in [2.05, 4.69) is 54.5 Å². The fourth-order valence-electron chi connectivity index (χ4n) is 3.89. The highest BCUT2D eigenvalue weighted by Crippen LogP contribution is 2.26. The Kier molecular flexibility index (Phi) is 9.73. The Balaban J connectivity index is 1.92. The normalized spacial score (nSPS) is 14.8. The van der Waals surface area contributed by atoms with Gasteiger partial charge in [-0.25, -0.2) is 0 Å². The van der Waals surface area contributed by atoms with Gasteiger partial charge >= 0.3 is 0 Å². The van der Waals surface area contributed by atoms with Crippen LogP contribution in [0.4, 0.5) is 0 Å². The van der Waals surface area contributed by atoms with Crippen LogP contribution in [0.3, 0.4) is 0 Å². The third-order valence-corrected chi connectivity index (χ3v) is 5.79. The van der Waals surface area contributed by atoms with Crippen molar-refractivity contribution in [2.24, 2.45) is 0 Å². The summed E-state index contributed by atoms with van der Waals surface area (Å²) in [6.07, 6.45) is 8.09. The molecular formula is C24H36N4O. The second kappa shape index (κ2) is 12.3. The van der Waals surface area contributed by atoms with Crippen LogP contribution in [0.2, 0.25) is 0 Å². The minimum absolute atomic E-state index is 0.0749. The van der Waals surface area contributed by atoms with E-state index in [4.69, 9.17) is 0 Å². The van der Waals surface area contributed by atoms with Gasteiger partial charge in [-0.15, -0.1) is 0 Å². The van der Waals surface area contributed by atoms with E-state index in [-0.39, 0.29) is 17.5 Å². The lowest BCUT2D eigenvalue weighted by molar-refractivity contribution is -0.117. The molecule has 0 aliphatic heterocycles. The van der Waals surface area contributed by atoms with Crippen LogP contribution in [-0.4, -0.2) is 37.0 Å². The van der Waals surface area contributed by atoms with Gasteiger partial charge in [0.2, 0.25) is 0 Å². The SMILES string of the molecule is CCC(NC(=O)/C(C#N)=C\NCCCN(CC)CC)c1ccc2c(c1)CCCC2. The van der Waals surface area contributed by atoms with E-state index in [1.165, 1.54) is 24.0 Å². The molecule has 5 heteroatoms. The average molecular weight is 397 g/mol. The van der Waals surface area contributed by atoms with Crippen LogP contribution in [0.1, 0.15) is 69.2 Å². The zero-order valence-electron chi connectivity index (χ0n) is 18.3. The standard InChI is InChI=1S/C24H36N4O/c1-4-23(21-13-12-19-10-7-8-11-20(19)16-21)27-24(29)22(17-25)18-26-14-9-15-28(5-2)6-3/h12-13,16,18,23,26H,4-11,14-15H2,1-3H3,(H,27,29)/b22-18-. The molecule has 1 unspecified atom stereocenters. The molecule has 0 saturated carbocycles. The molecule has 29 heavy (non-hydrogen) atoms. The molecule has 0 saturated heterocycles. The number of nitriles is 1. The van der Waals surface area contributed by atoms with Gasteiger partial charge in [0.25, 0.3) is 5.91 Å². The fraction of sp³-hybridized carbons (Fsp3) is 0.583. The maximum absolute atomic E-state index is 12.6. The predicted octanol–water partition coefficient (Wildman–Crippen LogP) is 3.86. The maximum atomic E-state index is 12.6. The van der Waals surface area contributed by atoms with E-state index in [1.54, 1.807) is 6.20 Å². The van der Waals surface area contributed by atoms with Gasteiger partial charge in [-0.3, -0.25) is 4.79 Å². The smallest absolute Gasteiger partial charge is 0.263 e. The summed E-state index contributed by atoms with van der Waals surface area (Å²) in [6.45, 7) is 10.2. The van der Waals surface area contributed by atoms with Gasteiger partial charge in [0.1, 0.15) is 11.6 Å². The van der Waals surface area contributed by atoms with Crippen LogP contribution >= 0.6 is 0 Å². The monoisotopic (exact) mass is 396 g/mol. The number of carbonyl (C=O) groups excluding carboxylic acids is 1. The Morgan fingerprint density at radius 3 is 2.59 bits per heavy atom. The van der Waals surface area contributed by atoms with Crippen molar-refractivity contribution in [2.45, 2.75) is 65.3 Å². The molecule has 0 heterocycles. The molecule has 1 amide bonds. The Bertz CT molecular complexity index is 731. The van der Waals surface area contributed by atoms with Gasteiger partial charge < -0.3 is 15.5 Å². The molecule has 2 N–H and O–H groups in total. The summed E-state index contributed by atoms with van der Waals surface area (Å²) in [5.41, 5.74) is 4.11. The van der Waals surface area contributed by atoms with Crippen LogP contribution in [-0.2, 0) is 17.6 Å². The van der Waals surface area contributed by atoms with Crippen LogP contribution in [0.25, 0.3) is 0 Å². The second-order valence-corrected chi connectivity index (χ2v) is 7.67. The van der Waals surface area contributed by atoms with E-state index in [0.29, 0.717) is 0 Å². The molecule has 0 radical (unpaired) electrons. The van der Waals surface area contributed by atoms with Gasteiger partial charge in [0, 0.05) is 12.7 Å². The van der Waals surface area contributed by atoms with Crippen molar-refractivity contribution in [3.05, 3.63) is 46.7 Å². The van der Waals surface area contributed by atoms with Crippen molar-refractivity contribution in [1.29, 1.82) is 5.26 Å². The molecule has 1 aliphatic rings. The van der Waals surface area contributed by atoms with Gasteiger partial charge in [0.05, 0.1) is 6.04 Å². The number of amides is 1. The summed E-state index contributed by atoms with van der Waals surface area (Å²) in [7, 11) is 0. The van der Waals surface area contributed by atoms with Gasteiger partial charge in [-0.1, -0.05) is 39.0 Å². The summed E-state index contributed by atoms with van der Waals surface area (Å²) >= 11 is 0. The molecule has 1 aromatic rings. The number of fused-ring (bicyclic) bond motifs is 1. The Morgan fingerprint density at radius 2 is 1.93 bits per heavy atom. The number of hydrogen-bond donors (Lipinski definition) is 2. The summed E-state index contributed by atoms with van der Waals surface area (Å²) in [5, 5.41) is 15.6. The summed E-state index contributed by atoms with van der Waals surface area (Å²) < 4.78 is 0. The van der Waals surface area contributed by atoms with Crippen LogP contribution in [0, 0.1) is 11.3 Å². The largest absolute Gasteiger partial charge is 0.390 e. The van der Waals surface area contributed by atoms with Crippen molar-refractivity contribution in [3.8, 4) is 6.07 Å². The van der Waals surface area contributed by atoms with Crippen molar-refractivity contribution in [1.82, 2.24) is 15.5 Å². The molecule has 5 nitrogen and oxygen atoms in total. The molecule has 0 aromatic heterocycles. The molecule has 2 rings (SSSR count). The third-order valence-electron chi connectivity index (χ3n) is 5.79. The first-order valence-electron chi connectivity index (χ1n) is 11.1. The highest BCUT2D eigenvalue weighted by atomic mass is 16.1. The lowest BCUT2D eigenvalue weighted by Crippen LogP contribution is -2.30. The van der Waals surface area contributed by atoms with Crippen LogP contribution in [0.15, 0.2) is 30.0 Å². The van der Waals surface area contributed by atoms with E-state index >= 15 is 0 Å². The molecule has 0 spiro atoms. The number of nitrogens with zero attached hydrogens (tertiary/aromatic N) is 2. The Labute approximate surface area is 176 Å². The minimum atomic E-state index is -0.312. The minimum Gasteiger partial charge on any atom is -0.390 e. The van der Waals surface area contributed by atoms with E-state index in [0.717, 1.165) is 57.4 Å². The highest BCUT2D eigenvalue weighted by molar-refractivity contribution is 5.97. The van der Waals surface area contributed by atoms with Crippen molar-refractivity contribution in [2.75, 3.05) is 26.2 Å². The predicted molar refractivity (Wildman–Crippen MR) is 118 cm³/mol. The van der Waals surface area contributed by atoms with E-state index in [1.807, 2.05) is 6.07 Å². The Hall–Kier alpha value is -2.32. The third kappa shape index (κ3) is 6.90. The molecule has 0 fully saturated rings. The van der Waals surface area contributed by atoms with Crippen molar-refractivity contribution >= 4 is 5.91 Å². The number of aryl methyl sites for hydroxylation is 2. The van der Waals surface area contributed by atoms with Crippen LogP contribution in [0.5, 0.6) is 0 Å². The summed E-state index contributed by atoms with van der Waals surface area (Å²) in [4.78, 5) is 15.0. The highest BCUT2D eigenvalue weighted by Gasteiger charge is 2.18. The first-order valence-corrected chi connectivity index (χ1v) is 11.1. The zero-order chi connectivity index (χ0) is 21.1. The fourth-order valence-corrected chi connectivity index (χ4v) is 3.89. The van der Waals surface area contributed by atoms with Gasteiger partial charge in [0.15, 0.2) is 0 Å². The topological polar surface area (TPSA) is 68.2 Å². The molecule has 1 atom stereocenters. The molecular weight excluding hydrogens is 360 g/mol. The van der Waals surface area contributed by atoms with Gasteiger partial charge in [-0.2, -0.15) is 5.26 Å². The molecule has 1 aliphatic carbocycles. The number of nitrogens with one attached hydrogen (secondary N) is 2. The van der Waals surface area contributed by atoms with E-state index < -0.39 is 0 Å². The van der Waals surface area contributed by atoms with Crippen LogP contribution < -0.4 is 10.6 Å². The number of rotatable bonds is 11. The zero-order valence-corrected chi connectivity index (χ0v) is 18.3. The van der Waals surface area contributed by atoms with E-state index in [9.17, 15) is 10.1 Å². The molecule has 0 bridgehead atoms. The molecule has 158 valence electrons. The summed E-state index contributed by atoms with van der Waals surface area (Å²) in [5.74, 6) is -0.312. The summed E-state index contributed by atoms with van der Waals surface area (Å²) in [6, 6.07) is 8.53. The average Bonchev–Trinajstić information content (AvgIpc) is 2.76. The number of carbonyl (C=O) groups is 1. The lowest BCUT2D eigenvalue weighted by Gasteiger charge is -2.21. The lowest BCUT2D eigenvalue weighted by atomic mass is 9.88. The molecule has 1 aromatic carbocycles. The second-order valence-electron chi connectivity index (χ2n) is 7.67. The quantitative estimate of drug-likeness (QED) is 0.339.